The molecule has 0 radical (unpaired) electrons. The van der Waals surface area contributed by atoms with Crippen LogP contribution in [0.1, 0.15) is 38.3 Å². The summed E-state index contributed by atoms with van der Waals surface area (Å²) in [7, 11) is -2.74. The minimum Gasteiger partial charge on any atom is -0.495 e. The molecule has 0 heterocycles. The van der Waals surface area contributed by atoms with E-state index in [-0.39, 0.29) is 34.1 Å². The van der Waals surface area contributed by atoms with Crippen LogP contribution in [0.4, 0.5) is 5.69 Å². The summed E-state index contributed by atoms with van der Waals surface area (Å²) in [6.07, 6.45) is 0.343. The van der Waals surface area contributed by atoms with Crippen LogP contribution in [0, 0.1) is 6.92 Å². The number of anilines is 1. The first-order valence-corrected chi connectivity index (χ1v) is 14.9. The van der Waals surface area contributed by atoms with E-state index in [1.807, 2.05) is 58.0 Å². The Morgan fingerprint density at radius 1 is 1.00 bits per heavy atom. The third-order valence-electron chi connectivity index (χ3n) is 6.32. The van der Waals surface area contributed by atoms with Crippen molar-refractivity contribution in [3.05, 3.63) is 88.9 Å². The highest BCUT2D eigenvalue weighted by atomic mass is 35.5. The van der Waals surface area contributed by atoms with E-state index in [9.17, 15) is 18.0 Å². The van der Waals surface area contributed by atoms with Crippen LogP contribution in [-0.4, -0.2) is 50.9 Å². The molecule has 0 aliphatic heterocycles. The zero-order valence-corrected chi connectivity index (χ0v) is 25.0. The van der Waals surface area contributed by atoms with Gasteiger partial charge in [0.25, 0.3) is 10.0 Å². The molecule has 40 heavy (non-hydrogen) atoms. The molecule has 0 saturated carbocycles. The van der Waals surface area contributed by atoms with Crippen molar-refractivity contribution in [1.82, 2.24) is 10.2 Å². The predicted molar refractivity (Wildman–Crippen MR) is 158 cm³/mol. The molecule has 3 rings (SSSR count). The second-order valence-electron chi connectivity index (χ2n) is 9.74. The van der Waals surface area contributed by atoms with Crippen LogP contribution in [0.25, 0.3) is 0 Å². The van der Waals surface area contributed by atoms with Crippen molar-refractivity contribution in [3.63, 3.8) is 0 Å². The highest BCUT2D eigenvalue weighted by molar-refractivity contribution is 7.92. The van der Waals surface area contributed by atoms with Crippen molar-refractivity contribution in [1.29, 1.82) is 0 Å². The summed E-state index contributed by atoms with van der Waals surface area (Å²) in [5.41, 5.74) is 1.90. The number of hydrogen-bond donors (Lipinski definition) is 1. The number of amides is 2. The SMILES string of the molecule is CC[C@@H](C(=O)NC(C)C)N(Cc1ccccc1)C(=O)CN(c1ccc(OC)c(Cl)c1)S(=O)(=O)c1ccc(C)cc1. The molecule has 0 unspecified atom stereocenters. The fraction of sp³-hybridized carbons (Fsp3) is 0.333. The fourth-order valence-electron chi connectivity index (χ4n) is 4.26. The van der Waals surface area contributed by atoms with Gasteiger partial charge in [-0.3, -0.25) is 13.9 Å². The smallest absolute Gasteiger partial charge is 0.264 e. The Morgan fingerprint density at radius 2 is 1.65 bits per heavy atom. The van der Waals surface area contributed by atoms with Gasteiger partial charge in [-0.1, -0.05) is 66.6 Å². The van der Waals surface area contributed by atoms with E-state index < -0.39 is 28.5 Å². The third-order valence-corrected chi connectivity index (χ3v) is 8.41. The summed E-state index contributed by atoms with van der Waals surface area (Å²) in [5.74, 6) is -0.467. The number of aryl methyl sites for hydroxylation is 1. The minimum absolute atomic E-state index is 0.0250. The average Bonchev–Trinajstić information content (AvgIpc) is 2.91. The maximum absolute atomic E-state index is 14.0. The maximum atomic E-state index is 14.0. The minimum atomic E-state index is -4.19. The number of ether oxygens (including phenoxy) is 1. The molecule has 0 fully saturated rings. The Morgan fingerprint density at radius 3 is 2.20 bits per heavy atom. The molecule has 0 bridgehead atoms. The fourth-order valence-corrected chi connectivity index (χ4v) is 5.91. The molecule has 3 aromatic carbocycles. The van der Waals surface area contributed by atoms with E-state index in [0.29, 0.717) is 12.2 Å². The van der Waals surface area contributed by atoms with Crippen LogP contribution in [0.2, 0.25) is 5.02 Å². The zero-order valence-electron chi connectivity index (χ0n) is 23.4. The molecule has 0 aromatic heterocycles. The van der Waals surface area contributed by atoms with E-state index in [4.69, 9.17) is 16.3 Å². The number of carbonyl (C=O) groups excluding carboxylic acids is 2. The lowest BCUT2D eigenvalue weighted by atomic mass is 10.1. The summed E-state index contributed by atoms with van der Waals surface area (Å²) in [4.78, 5) is 28.7. The van der Waals surface area contributed by atoms with E-state index in [2.05, 4.69) is 5.32 Å². The highest BCUT2D eigenvalue weighted by Gasteiger charge is 2.34. The molecule has 3 aromatic rings. The normalized spacial score (nSPS) is 12.1. The molecule has 0 aliphatic rings. The number of rotatable bonds is 12. The second kappa shape index (κ2) is 13.7. The molecule has 0 aliphatic carbocycles. The zero-order chi connectivity index (χ0) is 29.4. The third kappa shape index (κ3) is 7.55. The van der Waals surface area contributed by atoms with Gasteiger partial charge in [0.15, 0.2) is 0 Å². The monoisotopic (exact) mass is 585 g/mol. The van der Waals surface area contributed by atoms with Gasteiger partial charge in [-0.25, -0.2) is 8.42 Å². The van der Waals surface area contributed by atoms with E-state index in [1.54, 1.807) is 18.2 Å². The summed E-state index contributed by atoms with van der Waals surface area (Å²) >= 11 is 6.37. The van der Waals surface area contributed by atoms with Crippen molar-refractivity contribution in [2.75, 3.05) is 18.0 Å². The van der Waals surface area contributed by atoms with Crippen LogP contribution in [0.3, 0.4) is 0 Å². The number of hydrogen-bond acceptors (Lipinski definition) is 5. The summed E-state index contributed by atoms with van der Waals surface area (Å²) < 4.78 is 34.2. The van der Waals surface area contributed by atoms with Gasteiger partial charge in [-0.2, -0.15) is 0 Å². The molecule has 10 heteroatoms. The van der Waals surface area contributed by atoms with Crippen LogP contribution in [0.5, 0.6) is 5.75 Å². The van der Waals surface area contributed by atoms with Crippen LogP contribution in [-0.2, 0) is 26.2 Å². The Labute approximate surface area is 241 Å². The van der Waals surface area contributed by atoms with Gasteiger partial charge < -0.3 is 15.0 Å². The molecular weight excluding hydrogens is 550 g/mol. The average molecular weight is 586 g/mol. The number of carbonyl (C=O) groups is 2. The highest BCUT2D eigenvalue weighted by Crippen LogP contribution is 2.32. The largest absolute Gasteiger partial charge is 0.495 e. The lowest BCUT2D eigenvalue weighted by Crippen LogP contribution is -2.53. The van der Waals surface area contributed by atoms with Crippen LogP contribution < -0.4 is 14.4 Å². The summed E-state index contributed by atoms with van der Waals surface area (Å²) in [6.45, 7) is 6.95. The van der Waals surface area contributed by atoms with Crippen LogP contribution >= 0.6 is 11.6 Å². The van der Waals surface area contributed by atoms with Crippen molar-refractivity contribution < 1.29 is 22.7 Å². The molecule has 1 atom stereocenters. The van der Waals surface area contributed by atoms with Gasteiger partial charge >= 0.3 is 0 Å². The topological polar surface area (TPSA) is 96.0 Å². The standard InChI is InChI=1S/C30H36ClN3O5S/c1-6-27(30(36)32-21(2)3)33(19-23-10-8-7-9-11-23)29(35)20-34(24-14-17-28(39-5)26(31)18-24)40(37,38)25-15-12-22(4)13-16-25/h7-18,21,27H,6,19-20H2,1-5H3,(H,32,36)/t27-/m0/s1. The molecular formula is C30H36ClN3O5S. The first-order valence-electron chi connectivity index (χ1n) is 13.0. The van der Waals surface area contributed by atoms with E-state index >= 15 is 0 Å². The lowest BCUT2D eigenvalue weighted by Gasteiger charge is -2.33. The quantitative estimate of drug-likeness (QED) is 0.316. The molecule has 1 N–H and O–H groups in total. The number of nitrogens with one attached hydrogen (secondary N) is 1. The Kier molecular flexibility index (Phi) is 10.6. The van der Waals surface area contributed by atoms with Crippen molar-refractivity contribution >= 4 is 39.1 Å². The number of nitrogens with zero attached hydrogens (tertiary/aromatic N) is 2. The number of benzene rings is 3. The Balaban J connectivity index is 2.09. The van der Waals surface area contributed by atoms with Crippen molar-refractivity contribution in [2.45, 2.75) is 57.6 Å². The Bertz CT molecular complexity index is 1410. The molecule has 8 nitrogen and oxygen atoms in total. The van der Waals surface area contributed by atoms with Gasteiger partial charge in [0, 0.05) is 12.6 Å². The molecule has 214 valence electrons. The van der Waals surface area contributed by atoms with Gasteiger partial charge in [-0.05, 0) is 63.1 Å². The first kappa shape index (κ1) is 31.0. The van der Waals surface area contributed by atoms with E-state index in [1.165, 1.54) is 36.3 Å². The molecule has 0 saturated heterocycles. The van der Waals surface area contributed by atoms with Gasteiger partial charge in [-0.15, -0.1) is 0 Å². The molecule has 2 amide bonds. The first-order chi connectivity index (χ1) is 19.0. The number of sulfonamides is 1. The van der Waals surface area contributed by atoms with Gasteiger partial charge in [0.1, 0.15) is 18.3 Å². The summed E-state index contributed by atoms with van der Waals surface area (Å²) in [5, 5.41) is 3.08. The predicted octanol–water partition coefficient (Wildman–Crippen LogP) is 5.18. The van der Waals surface area contributed by atoms with Crippen LogP contribution in [0.15, 0.2) is 77.7 Å². The number of halogens is 1. The summed E-state index contributed by atoms with van der Waals surface area (Å²) in [6, 6.07) is 19.3. The molecule has 0 spiro atoms. The number of methoxy groups -OCH3 is 1. The van der Waals surface area contributed by atoms with Gasteiger partial charge in [0.05, 0.1) is 22.7 Å². The van der Waals surface area contributed by atoms with E-state index in [0.717, 1.165) is 15.4 Å². The second-order valence-corrected chi connectivity index (χ2v) is 12.0. The maximum Gasteiger partial charge on any atom is 0.264 e. The van der Waals surface area contributed by atoms with Crippen molar-refractivity contribution in [2.24, 2.45) is 0 Å². The van der Waals surface area contributed by atoms with Gasteiger partial charge in [0.2, 0.25) is 11.8 Å². The van der Waals surface area contributed by atoms with Crippen molar-refractivity contribution in [3.8, 4) is 5.75 Å². The Hall–Kier alpha value is -3.56. The lowest BCUT2D eigenvalue weighted by molar-refractivity contribution is -0.140.